The van der Waals surface area contributed by atoms with Crippen LogP contribution in [0.5, 0.6) is 0 Å². The molecule has 0 unspecified atom stereocenters. The molecule has 0 saturated heterocycles. The van der Waals surface area contributed by atoms with E-state index in [0.717, 1.165) is 33.7 Å². The van der Waals surface area contributed by atoms with E-state index in [1.807, 2.05) is 30.3 Å². The Balaban J connectivity index is 1.84. The summed E-state index contributed by atoms with van der Waals surface area (Å²) in [5.41, 5.74) is 0.724. The van der Waals surface area contributed by atoms with Crippen molar-refractivity contribution in [3.63, 3.8) is 0 Å². The predicted octanol–water partition coefficient (Wildman–Crippen LogP) is 4.05. The van der Waals surface area contributed by atoms with Gasteiger partial charge in [0.15, 0.2) is 0 Å². The first-order chi connectivity index (χ1) is 9.22. The zero-order valence-electron chi connectivity index (χ0n) is 10.4. The third kappa shape index (κ3) is 2.71. The highest BCUT2D eigenvalue weighted by molar-refractivity contribution is 9.10. The largest absolute Gasteiger partial charge is 0.349 e. The summed E-state index contributed by atoms with van der Waals surface area (Å²) in [7, 11) is 0. The second kappa shape index (κ2) is 5.17. The Kier molecular flexibility index (Phi) is 3.38. The van der Waals surface area contributed by atoms with Crippen LogP contribution in [0.25, 0.3) is 10.8 Å². The minimum absolute atomic E-state index is 0.0125. The van der Waals surface area contributed by atoms with Gasteiger partial charge < -0.3 is 5.32 Å². The van der Waals surface area contributed by atoms with Crippen LogP contribution in [0.4, 0.5) is 0 Å². The fourth-order valence-electron chi connectivity index (χ4n) is 2.36. The molecule has 0 heterocycles. The molecule has 0 atom stereocenters. The topological polar surface area (TPSA) is 29.1 Å². The van der Waals surface area contributed by atoms with Gasteiger partial charge in [-0.2, -0.15) is 0 Å². The number of carbonyl (C=O) groups is 1. The van der Waals surface area contributed by atoms with Gasteiger partial charge in [-0.1, -0.05) is 40.2 Å². The molecular weight excluding hydrogens is 302 g/mol. The van der Waals surface area contributed by atoms with Gasteiger partial charge in [0.2, 0.25) is 0 Å². The van der Waals surface area contributed by atoms with Crippen LogP contribution in [0.15, 0.2) is 53.0 Å². The fraction of sp³-hybridized carbons (Fsp3) is 0.188. The van der Waals surface area contributed by atoms with Gasteiger partial charge in [0.25, 0.3) is 5.91 Å². The van der Waals surface area contributed by atoms with Gasteiger partial charge in [0.05, 0.1) is 0 Å². The first-order valence-electron chi connectivity index (χ1n) is 6.37. The van der Waals surface area contributed by atoms with Crippen LogP contribution >= 0.6 is 15.9 Å². The number of fused-ring (bicyclic) bond motifs is 1. The molecule has 3 rings (SSSR count). The van der Waals surface area contributed by atoms with E-state index in [-0.39, 0.29) is 11.9 Å². The highest BCUT2D eigenvalue weighted by Gasteiger charge is 2.14. The molecule has 0 fully saturated rings. The van der Waals surface area contributed by atoms with E-state index in [2.05, 4.69) is 39.5 Å². The lowest BCUT2D eigenvalue weighted by Crippen LogP contribution is -2.32. The van der Waals surface area contributed by atoms with E-state index in [9.17, 15) is 4.79 Å². The molecule has 0 bridgehead atoms. The van der Waals surface area contributed by atoms with Gasteiger partial charge in [-0.15, -0.1) is 0 Å². The van der Waals surface area contributed by atoms with Crippen molar-refractivity contribution < 1.29 is 4.79 Å². The summed E-state index contributed by atoms with van der Waals surface area (Å²) in [4.78, 5) is 12.2. The lowest BCUT2D eigenvalue weighted by molar-refractivity contribution is 0.0939. The Morgan fingerprint density at radius 2 is 1.74 bits per heavy atom. The maximum absolute atomic E-state index is 12.2. The van der Waals surface area contributed by atoms with Crippen molar-refractivity contribution in [2.24, 2.45) is 0 Å². The molecule has 1 aliphatic rings. The maximum Gasteiger partial charge on any atom is 0.251 e. The molecule has 2 aromatic carbocycles. The number of nitrogens with one attached hydrogen (secondary N) is 1. The van der Waals surface area contributed by atoms with E-state index < -0.39 is 0 Å². The smallest absolute Gasteiger partial charge is 0.251 e. The summed E-state index contributed by atoms with van der Waals surface area (Å²) in [6.45, 7) is 0. The van der Waals surface area contributed by atoms with Gasteiger partial charge in [0.1, 0.15) is 0 Å². The maximum atomic E-state index is 12.2. The van der Waals surface area contributed by atoms with Gasteiger partial charge in [-0.3, -0.25) is 4.79 Å². The molecular formula is C16H14BrNO. The molecule has 0 spiro atoms. The summed E-state index contributed by atoms with van der Waals surface area (Å²) in [5.74, 6) is 0.0125. The summed E-state index contributed by atoms with van der Waals surface area (Å²) in [6, 6.07) is 12.1. The van der Waals surface area contributed by atoms with Gasteiger partial charge in [-0.05, 0) is 47.9 Å². The average molecular weight is 316 g/mol. The minimum Gasteiger partial charge on any atom is -0.349 e. The lowest BCUT2D eigenvalue weighted by atomic mass is 10.1. The Morgan fingerprint density at radius 1 is 1.05 bits per heavy atom. The molecule has 19 heavy (non-hydrogen) atoms. The number of amides is 1. The number of rotatable bonds is 2. The van der Waals surface area contributed by atoms with Crippen LogP contribution in [-0.2, 0) is 0 Å². The Labute approximate surface area is 120 Å². The molecule has 0 aliphatic heterocycles. The van der Waals surface area contributed by atoms with Crippen LogP contribution in [0.2, 0.25) is 0 Å². The van der Waals surface area contributed by atoms with Crippen LogP contribution in [0, 0.1) is 0 Å². The molecule has 96 valence electrons. The average Bonchev–Trinajstić information content (AvgIpc) is 2.91. The SMILES string of the molecule is O=C(NC1CC=CC1)c1ccc2cc(Br)ccc2c1. The van der Waals surface area contributed by atoms with Crippen molar-refractivity contribution in [2.45, 2.75) is 18.9 Å². The number of hydrogen-bond donors (Lipinski definition) is 1. The minimum atomic E-state index is 0.0125. The van der Waals surface area contributed by atoms with E-state index >= 15 is 0 Å². The normalized spacial score (nSPS) is 15.0. The van der Waals surface area contributed by atoms with Crippen molar-refractivity contribution in [1.82, 2.24) is 5.32 Å². The van der Waals surface area contributed by atoms with E-state index in [1.54, 1.807) is 0 Å². The molecule has 3 heteroatoms. The van der Waals surface area contributed by atoms with Crippen molar-refractivity contribution in [3.8, 4) is 0 Å². The Hall–Kier alpha value is -1.61. The molecule has 1 N–H and O–H groups in total. The number of benzene rings is 2. The summed E-state index contributed by atoms with van der Waals surface area (Å²) in [5, 5.41) is 5.28. The fourth-order valence-corrected chi connectivity index (χ4v) is 2.74. The van der Waals surface area contributed by atoms with Crippen LogP contribution in [-0.4, -0.2) is 11.9 Å². The molecule has 2 nitrogen and oxygen atoms in total. The van der Waals surface area contributed by atoms with E-state index in [0.29, 0.717) is 0 Å². The number of carbonyl (C=O) groups excluding carboxylic acids is 1. The summed E-state index contributed by atoms with van der Waals surface area (Å²) >= 11 is 3.45. The number of halogens is 1. The van der Waals surface area contributed by atoms with Crippen molar-refractivity contribution in [2.75, 3.05) is 0 Å². The van der Waals surface area contributed by atoms with Crippen molar-refractivity contribution in [1.29, 1.82) is 0 Å². The van der Waals surface area contributed by atoms with Gasteiger partial charge >= 0.3 is 0 Å². The zero-order valence-corrected chi connectivity index (χ0v) is 12.0. The van der Waals surface area contributed by atoms with Gasteiger partial charge in [0, 0.05) is 16.1 Å². The van der Waals surface area contributed by atoms with Crippen LogP contribution < -0.4 is 5.32 Å². The monoisotopic (exact) mass is 315 g/mol. The molecule has 0 saturated carbocycles. The van der Waals surface area contributed by atoms with Gasteiger partial charge in [-0.25, -0.2) is 0 Å². The zero-order chi connectivity index (χ0) is 13.2. The summed E-state index contributed by atoms with van der Waals surface area (Å²) < 4.78 is 1.05. The molecule has 0 aromatic heterocycles. The Bertz CT molecular complexity index is 655. The third-order valence-corrected chi connectivity index (χ3v) is 3.90. The van der Waals surface area contributed by atoms with E-state index in [1.165, 1.54) is 0 Å². The molecule has 2 aromatic rings. The van der Waals surface area contributed by atoms with Crippen molar-refractivity contribution >= 4 is 32.6 Å². The molecule has 1 aliphatic carbocycles. The molecule has 0 radical (unpaired) electrons. The van der Waals surface area contributed by atoms with Crippen LogP contribution in [0.3, 0.4) is 0 Å². The standard InChI is InChI=1S/C16H14BrNO/c17-14-8-7-11-9-13(6-5-12(11)10-14)16(19)18-15-3-1-2-4-15/h1-2,5-10,15H,3-4H2,(H,18,19). The Morgan fingerprint density at radius 3 is 2.53 bits per heavy atom. The quantitative estimate of drug-likeness (QED) is 0.832. The first kappa shape index (κ1) is 12.4. The second-order valence-electron chi connectivity index (χ2n) is 4.82. The number of hydrogen-bond acceptors (Lipinski definition) is 1. The highest BCUT2D eigenvalue weighted by atomic mass is 79.9. The highest BCUT2D eigenvalue weighted by Crippen LogP contribution is 2.21. The van der Waals surface area contributed by atoms with E-state index in [4.69, 9.17) is 0 Å². The second-order valence-corrected chi connectivity index (χ2v) is 5.74. The van der Waals surface area contributed by atoms with Crippen molar-refractivity contribution in [3.05, 3.63) is 58.6 Å². The predicted molar refractivity (Wildman–Crippen MR) is 81.3 cm³/mol. The molecule has 1 amide bonds. The van der Waals surface area contributed by atoms with Crippen LogP contribution in [0.1, 0.15) is 23.2 Å². The first-order valence-corrected chi connectivity index (χ1v) is 7.17. The third-order valence-electron chi connectivity index (χ3n) is 3.41. The lowest BCUT2D eigenvalue weighted by Gasteiger charge is -2.12. The summed E-state index contributed by atoms with van der Waals surface area (Å²) in [6.07, 6.45) is 6.10.